The molecule has 5 saturated heterocycles. The highest BCUT2D eigenvalue weighted by molar-refractivity contribution is 7.98. The number of rotatable bonds is 39. The van der Waals surface area contributed by atoms with E-state index in [0.29, 0.717) is 16.2 Å². The van der Waals surface area contributed by atoms with Crippen LogP contribution in [-0.2, 0) is 183 Å². The second-order valence-electron chi connectivity index (χ2n) is 31.3. The molecule has 0 saturated carbocycles. The summed E-state index contributed by atoms with van der Waals surface area (Å²) in [6.45, 7) is 22.9. The molecule has 44 nitrogen and oxygen atoms in total. The first-order valence-electron chi connectivity index (χ1n) is 41.6. The van der Waals surface area contributed by atoms with E-state index >= 15 is 14.4 Å². The summed E-state index contributed by atoms with van der Waals surface area (Å²) in [7, 11) is 5.13. The number of hydrogen-bond acceptors (Lipinski definition) is 42. The fraction of sp³-hybridized carbons (Fsp3) is 0.726. The van der Waals surface area contributed by atoms with Crippen LogP contribution in [0.4, 0.5) is 0 Å². The Morgan fingerprint density at radius 2 is 0.969 bits per heavy atom. The minimum atomic E-state index is -3.07. The maximum Gasteiger partial charge on any atom is 0.367 e. The lowest BCUT2D eigenvalue weighted by molar-refractivity contribution is -0.401. The Balaban J connectivity index is 0.00000480. The third-order valence-corrected chi connectivity index (χ3v) is 20.3. The van der Waals surface area contributed by atoms with Gasteiger partial charge in [0.05, 0.1) is 78.2 Å². The molecule has 5 heterocycles. The highest BCUT2D eigenvalue weighted by Gasteiger charge is 2.68. The van der Waals surface area contributed by atoms with Crippen molar-refractivity contribution in [2.45, 2.75) is 322 Å². The van der Waals surface area contributed by atoms with Crippen molar-refractivity contribution in [3.8, 4) is 17.2 Å². The van der Waals surface area contributed by atoms with Gasteiger partial charge in [-0.15, -0.1) is 11.8 Å². The lowest BCUT2D eigenvalue weighted by Crippen LogP contribution is -2.75. The van der Waals surface area contributed by atoms with E-state index in [1.54, 1.807) is 19.2 Å². The maximum absolute atomic E-state index is 15.3. The molecule has 24 atom stereocenters. The van der Waals surface area contributed by atoms with E-state index in [4.69, 9.17) is 109 Å². The van der Waals surface area contributed by atoms with E-state index < -0.39 is 293 Å². The molecule has 4 N–H and O–H groups in total. The first-order chi connectivity index (χ1) is 60.4. The number of thioether (sulfide) groups is 1. The first-order valence-corrected chi connectivity index (χ1v) is 42.8. The third-order valence-electron chi connectivity index (χ3n) is 19.5. The molecule has 1 spiro atoms. The van der Waals surface area contributed by atoms with Crippen molar-refractivity contribution >= 4 is 113 Å². The van der Waals surface area contributed by atoms with Gasteiger partial charge in [0.1, 0.15) is 68.7 Å². The zero-order chi connectivity index (χ0) is 97.6. The summed E-state index contributed by atoms with van der Waals surface area (Å²) in [6, 6.07) is -4.69. The van der Waals surface area contributed by atoms with E-state index in [-0.39, 0.29) is 24.3 Å². The van der Waals surface area contributed by atoms with Crippen LogP contribution in [0.25, 0.3) is 0 Å². The van der Waals surface area contributed by atoms with Crippen LogP contribution in [0.3, 0.4) is 0 Å². The van der Waals surface area contributed by atoms with E-state index in [2.05, 4.69) is 55.9 Å². The number of amides is 3. The van der Waals surface area contributed by atoms with Crippen molar-refractivity contribution in [1.29, 1.82) is 0 Å². The minimum Gasteiger partial charge on any atom is -0.493 e. The van der Waals surface area contributed by atoms with E-state index in [0.717, 1.165) is 110 Å². The molecule has 45 heteroatoms. The van der Waals surface area contributed by atoms with Gasteiger partial charge >= 0.3 is 77.6 Å². The number of nitrogens with one attached hydrogen (secondary N) is 4. The predicted octanol–water partition coefficient (Wildman–Crippen LogP) is 2.63. The Hall–Kier alpha value is -10.2. The van der Waals surface area contributed by atoms with Crippen molar-refractivity contribution in [2.24, 2.45) is 11.8 Å². The van der Waals surface area contributed by atoms with Crippen LogP contribution in [0.15, 0.2) is 11.0 Å². The number of hydrogen-bond donors (Lipinski definition) is 4. The average Bonchev–Trinajstić information content (AvgIpc) is 0.723. The zero-order valence-corrected chi connectivity index (χ0v) is 78.5. The smallest absolute Gasteiger partial charge is 0.367 e. The summed E-state index contributed by atoms with van der Waals surface area (Å²) in [5, 5.41) is 11.0. The number of methoxy groups -OCH3 is 4. The monoisotopic (exact) mass is 1860 g/mol. The number of esters is 13. The molecule has 728 valence electrons. The average molecular weight is 1860 g/mol. The standard InChI is InChI=1S/C77H108N4O40S.C4H10.C3H8/c1-22-47(23-48-57(122-21)24-49(99-17)63(101-19)62(48)100-18)61(96)32(2)78-27-52-60(81-35(5)84)68(64(111-43(13)92)56(115-52)31-106-76(74(97)102-20)25-50(107-39(9)88)58(79-33(3)82)69(119-76)65(112-44(14)93)53(109-41(11)90)28-103-36(6)85)117-73-72(114-46(16)95)71-67(55(116-73)30-105-38(8)87)118-75(98)77(121-71)26-51(108-40(10)89)59(80-34(4)83)70(120-77)66(113-45(15)94)54(110-42(12)91)29-104-37(7)86;1-4(2)3;1-3-2/h24,32,47,50-56,58-60,64-73,78H,22-23,25-31H2,1-21H3,(H,79,82)(H,80,83)(H,81,84);4H,1-3H3;3H2,1-2H3/t32-,47?,50-,51-,52?,53-,54-,55?,56?,58?,59?,60-,64+,65-,66-,67+,68-,69?,70?,71+,72+,73?,76-,77+;;/m1../s1. The molecular formula is C84H126N4O40S. The largest absolute Gasteiger partial charge is 0.493 e. The molecule has 129 heavy (non-hydrogen) atoms. The molecule has 1 aromatic carbocycles. The topological polar surface area (TPSA) is 551 Å². The normalized spacial score (nSPS) is 26.9. The molecule has 0 radical (unpaired) electrons. The second-order valence-corrected chi connectivity index (χ2v) is 32.1. The maximum atomic E-state index is 15.3. The summed E-state index contributed by atoms with van der Waals surface area (Å²) >= 11 is 1.34. The molecule has 5 aliphatic rings. The van der Waals surface area contributed by atoms with Crippen molar-refractivity contribution in [3.05, 3.63) is 11.6 Å². The molecule has 0 bridgehead atoms. The lowest BCUT2D eigenvalue weighted by atomic mass is 9.86. The van der Waals surface area contributed by atoms with E-state index in [1.165, 1.54) is 46.4 Å². The molecule has 6 rings (SSSR count). The van der Waals surface area contributed by atoms with Gasteiger partial charge in [0, 0.05) is 120 Å². The fourth-order valence-corrected chi connectivity index (χ4v) is 15.5. The number of benzene rings is 1. The Bertz CT molecular complexity index is 4070. The number of fused-ring (bicyclic) bond motifs is 1. The molecule has 3 amide bonds. The van der Waals surface area contributed by atoms with Crippen LogP contribution in [0.1, 0.15) is 177 Å². The van der Waals surface area contributed by atoms with Gasteiger partial charge in [0.25, 0.3) is 11.6 Å². The highest BCUT2D eigenvalue weighted by atomic mass is 32.2. The Morgan fingerprint density at radius 1 is 0.504 bits per heavy atom. The van der Waals surface area contributed by atoms with E-state index in [9.17, 15) is 67.1 Å². The summed E-state index contributed by atoms with van der Waals surface area (Å²) in [5.41, 5.74) is 0.583. The molecule has 5 aliphatic heterocycles. The van der Waals surface area contributed by atoms with Gasteiger partial charge in [-0.05, 0) is 38.0 Å². The Kier molecular flexibility index (Phi) is 44.8. The van der Waals surface area contributed by atoms with Gasteiger partial charge in [-0.2, -0.15) is 0 Å². The van der Waals surface area contributed by atoms with Crippen LogP contribution >= 0.6 is 11.8 Å². The number of ether oxygens (including phenoxy) is 23. The molecule has 5 fully saturated rings. The first kappa shape index (κ1) is 111. The van der Waals surface area contributed by atoms with Crippen LogP contribution in [0, 0.1) is 11.8 Å². The Labute approximate surface area is 752 Å². The quantitative estimate of drug-likeness (QED) is 0.0418. The van der Waals surface area contributed by atoms with Gasteiger partial charge in [-0.25, -0.2) is 9.59 Å². The van der Waals surface area contributed by atoms with Crippen LogP contribution in [0.2, 0.25) is 0 Å². The van der Waals surface area contributed by atoms with Crippen molar-refractivity contribution in [1.82, 2.24) is 21.3 Å². The van der Waals surface area contributed by atoms with Gasteiger partial charge in [0.2, 0.25) is 23.5 Å². The summed E-state index contributed by atoms with van der Waals surface area (Å²) in [5.74, 6) is -23.1. The molecule has 0 aromatic heterocycles. The van der Waals surface area contributed by atoms with Crippen LogP contribution in [-0.4, -0.2) is 308 Å². The third kappa shape index (κ3) is 32.4. The van der Waals surface area contributed by atoms with E-state index in [1.807, 2.05) is 0 Å². The molecular weight excluding hydrogens is 1740 g/mol. The molecule has 1 aromatic rings. The zero-order valence-electron chi connectivity index (χ0n) is 77.7. The minimum absolute atomic E-state index is 0.0666. The molecule has 0 aliphatic carbocycles. The summed E-state index contributed by atoms with van der Waals surface area (Å²) in [6.07, 6.45) is -32.8. The SMILES string of the molecule is CC(C)C.CCC.CCC(Cc1c(SC)cc(OC)c(OC)c1OC)C(=O)[C@@H](C)NCC1OC(CO[C@]2(C(=O)OC)C[C@@H](OC(C)=O)C(NC(C)=O)C([C@H](OC(C)=O)[C@@H](COC(C)=O)OC(C)=O)O2)[C@H](OC(C)=O)[C@H](OC2OC(COC(C)=O)[C@@H]3OC(=O)[C@]4(C[C@@H](OC(C)=O)C(NC(C)=O)C([C@H](OC(C)=O)[C@@H](COC(C)=O)OC(C)=O)O4)O[C@@H]3[C@@H]2OC(C)=O)[C@@H]1NC(C)=O. The van der Waals surface area contributed by atoms with Gasteiger partial charge < -0.3 is 130 Å². The highest BCUT2D eigenvalue weighted by Crippen LogP contribution is 2.48. The van der Waals surface area contributed by atoms with Crippen LogP contribution in [0.5, 0.6) is 17.2 Å². The van der Waals surface area contributed by atoms with Crippen LogP contribution < -0.4 is 35.5 Å². The summed E-state index contributed by atoms with van der Waals surface area (Å²) < 4.78 is 138. The lowest BCUT2D eigenvalue weighted by Gasteiger charge is -2.55. The fourth-order valence-electron chi connectivity index (χ4n) is 14.9. The summed E-state index contributed by atoms with van der Waals surface area (Å²) in [4.78, 5) is 232. The second kappa shape index (κ2) is 52.0. The van der Waals surface area contributed by atoms with Crippen molar-refractivity contribution in [3.63, 3.8) is 0 Å². The van der Waals surface area contributed by atoms with Gasteiger partial charge in [0.15, 0.2) is 66.3 Å². The molecule has 9 unspecified atom stereocenters. The van der Waals surface area contributed by atoms with Crippen molar-refractivity contribution in [2.75, 3.05) is 67.7 Å². The predicted molar refractivity (Wildman–Crippen MR) is 441 cm³/mol. The number of Topliss-reactive ketones (excluding diaryl/α,β-unsaturated/α-hetero) is 1. The Morgan fingerprint density at radius 3 is 1.40 bits per heavy atom. The van der Waals surface area contributed by atoms with Gasteiger partial charge in [-0.1, -0.05) is 48.0 Å². The van der Waals surface area contributed by atoms with Crippen molar-refractivity contribution < 1.29 is 190 Å². The van der Waals surface area contributed by atoms with Gasteiger partial charge in [-0.3, -0.25) is 71.9 Å². The number of carbonyl (C=O) groups is 17. The number of carbonyl (C=O) groups excluding carboxylic acids is 17. The number of ketones is 1.